The molecule has 0 atom stereocenters. The number of hydrogen-bond acceptors (Lipinski definition) is 4. The zero-order valence-corrected chi connectivity index (χ0v) is 14.4. The highest BCUT2D eigenvalue weighted by Crippen LogP contribution is 2.23. The maximum Gasteiger partial charge on any atom is 0.137 e. The summed E-state index contributed by atoms with van der Waals surface area (Å²) in [5.74, 6) is 0.880. The predicted molar refractivity (Wildman–Crippen MR) is 98.0 cm³/mol. The Morgan fingerprint density at radius 3 is 2.50 bits per heavy atom. The van der Waals surface area contributed by atoms with Crippen molar-refractivity contribution in [2.45, 2.75) is 40.0 Å². The van der Waals surface area contributed by atoms with E-state index in [2.05, 4.69) is 52.5 Å². The van der Waals surface area contributed by atoms with E-state index in [1.807, 2.05) is 26.0 Å². The predicted octanol–water partition coefficient (Wildman–Crippen LogP) is 4.48. The molecular formula is C20H23N3O. The lowest BCUT2D eigenvalue weighted by Gasteiger charge is -2.11. The van der Waals surface area contributed by atoms with Gasteiger partial charge in [-0.15, -0.1) is 0 Å². The summed E-state index contributed by atoms with van der Waals surface area (Å²) in [6, 6.07) is 14.6. The number of nitrogens with one attached hydrogen (secondary N) is 1. The first-order chi connectivity index (χ1) is 11.6. The normalized spacial score (nSPS) is 11.2. The van der Waals surface area contributed by atoms with Crippen molar-refractivity contribution in [3.05, 3.63) is 65.5 Å². The van der Waals surface area contributed by atoms with Gasteiger partial charge in [-0.1, -0.05) is 36.4 Å². The van der Waals surface area contributed by atoms with Gasteiger partial charge in [-0.2, -0.15) is 0 Å². The fourth-order valence-corrected chi connectivity index (χ4v) is 2.62. The molecule has 0 amide bonds. The third-order valence-electron chi connectivity index (χ3n) is 3.94. The van der Waals surface area contributed by atoms with E-state index in [-0.39, 0.29) is 6.10 Å². The molecule has 4 nitrogen and oxygen atoms in total. The standard InChI is InChI=1S/C20H23N3O/c1-14(2)24-12-17-9-7-16(8-10-17)11-21-20-19-15(3)5-4-6-18(19)22-13-23-20/h4-10,13-14H,11-12H2,1-3H3,(H,21,22,23). The molecule has 0 saturated heterocycles. The molecule has 0 radical (unpaired) electrons. The number of benzene rings is 2. The first-order valence-electron chi connectivity index (χ1n) is 8.27. The van der Waals surface area contributed by atoms with Crippen molar-refractivity contribution < 1.29 is 4.74 Å². The second-order valence-electron chi connectivity index (χ2n) is 6.22. The molecule has 1 aromatic heterocycles. The summed E-state index contributed by atoms with van der Waals surface area (Å²) in [5, 5.41) is 4.52. The molecule has 3 rings (SSSR count). The quantitative estimate of drug-likeness (QED) is 0.727. The molecule has 2 aromatic carbocycles. The molecule has 0 bridgehead atoms. The Morgan fingerprint density at radius 2 is 1.75 bits per heavy atom. The van der Waals surface area contributed by atoms with Crippen LogP contribution in [0.4, 0.5) is 5.82 Å². The minimum absolute atomic E-state index is 0.251. The number of fused-ring (bicyclic) bond motifs is 1. The zero-order chi connectivity index (χ0) is 16.9. The molecular weight excluding hydrogens is 298 g/mol. The van der Waals surface area contributed by atoms with Gasteiger partial charge in [-0.3, -0.25) is 0 Å². The molecule has 0 aliphatic carbocycles. The van der Waals surface area contributed by atoms with Crippen LogP contribution < -0.4 is 5.32 Å². The van der Waals surface area contributed by atoms with Gasteiger partial charge in [0.2, 0.25) is 0 Å². The molecule has 3 aromatic rings. The monoisotopic (exact) mass is 321 g/mol. The highest BCUT2D eigenvalue weighted by atomic mass is 16.5. The lowest BCUT2D eigenvalue weighted by molar-refractivity contribution is 0.0657. The van der Waals surface area contributed by atoms with Crippen molar-refractivity contribution in [2.24, 2.45) is 0 Å². The van der Waals surface area contributed by atoms with Crippen LogP contribution in [0.15, 0.2) is 48.8 Å². The summed E-state index contributed by atoms with van der Waals surface area (Å²) in [4.78, 5) is 8.75. The molecule has 0 aliphatic heterocycles. The van der Waals surface area contributed by atoms with E-state index >= 15 is 0 Å². The largest absolute Gasteiger partial charge is 0.374 e. The van der Waals surface area contributed by atoms with Crippen LogP contribution in [0.2, 0.25) is 0 Å². The van der Waals surface area contributed by atoms with E-state index in [4.69, 9.17) is 4.74 Å². The maximum absolute atomic E-state index is 5.63. The summed E-state index contributed by atoms with van der Waals surface area (Å²) in [6.45, 7) is 7.56. The van der Waals surface area contributed by atoms with Crippen molar-refractivity contribution in [1.82, 2.24) is 9.97 Å². The number of nitrogens with zero attached hydrogens (tertiary/aromatic N) is 2. The van der Waals surface area contributed by atoms with E-state index in [0.717, 1.165) is 23.3 Å². The summed E-state index contributed by atoms with van der Waals surface area (Å²) in [7, 11) is 0. The highest BCUT2D eigenvalue weighted by Gasteiger charge is 2.06. The van der Waals surface area contributed by atoms with E-state index in [9.17, 15) is 0 Å². The number of ether oxygens (including phenoxy) is 1. The molecule has 1 N–H and O–H groups in total. The van der Waals surface area contributed by atoms with Crippen LogP contribution in [-0.2, 0) is 17.9 Å². The molecule has 0 fully saturated rings. The number of anilines is 1. The number of rotatable bonds is 6. The Bertz CT molecular complexity index is 807. The minimum Gasteiger partial charge on any atom is -0.374 e. The van der Waals surface area contributed by atoms with E-state index in [0.29, 0.717) is 6.61 Å². The van der Waals surface area contributed by atoms with E-state index < -0.39 is 0 Å². The number of aryl methyl sites for hydroxylation is 1. The van der Waals surface area contributed by atoms with E-state index in [1.165, 1.54) is 16.7 Å². The first kappa shape index (κ1) is 16.4. The minimum atomic E-state index is 0.251. The Balaban J connectivity index is 1.70. The SMILES string of the molecule is Cc1cccc2ncnc(NCc3ccc(COC(C)C)cc3)c12. The summed E-state index contributed by atoms with van der Waals surface area (Å²) in [6.07, 6.45) is 1.86. The Hall–Kier alpha value is -2.46. The van der Waals surface area contributed by atoms with Crippen molar-refractivity contribution in [3.8, 4) is 0 Å². The number of hydrogen-bond donors (Lipinski definition) is 1. The number of aromatic nitrogens is 2. The van der Waals surface area contributed by atoms with Crippen LogP contribution in [-0.4, -0.2) is 16.1 Å². The van der Waals surface area contributed by atoms with Gasteiger partial charge in [0.05, 0.1) is 18.2 Å². The molecule has 0 unspecified atom stereocenters. The lowest BCUT2D eigenvalue weighted by atomic mass is 10.1. The van der Waals surface area contributed by atoms with Gasteiger partial charge in [-0.05, 0) is 43.5 Å². The Morgan fingerprint density at radius 1 is 1.00 bits per heavy atom. The Kier molecular flexibility index (Phi) is 5.06. The average molecular weight is 321 g/mol. The molecule has 24 heavy (non-hydrogen) atoms. The van der Waals surface area contributed by atoms with Gasteiger partial charge in [0, 0.05) is 11.9 Å². The maximum atomic E-state index is 5.63. The van der Waals surface area contributed by atoms with Crippen molar-refractivity contribution in [3.63, 3.8) is 0 Å². The van der Waals surface area contributed by atoms with Crippen molar-refractivity contribution in [2.75, 3.05) is 5.32 Å². The van der Waals surface area contributed by atoms with Crippen molar-refractivity contribution >= 4 is 16.7 Å². The third kappa shape index (κ3) is 3.89. The van der Waals surface area contributed by atoms with Crippen LogP contribution in [0, 0.1) is 6.92 Å². The van der Waals surface area contributed by atoms with Crippen LogP contribution >= 0.6 is 0 Å². The first-order valence-corrected chi connectivity index (χ1v) is 8.27. The van der Waals surface area contributed by atoms with Gasteiger partial charge in [-0.25, -0.2) is 9.97 Å². The smallest absolute Gasteiger partial charge is 0.137 e. The molecule has 0 spiro atoms. The summed E-state index contributed by atoms with van der Waals surface area (Å²) >= 11 is 0. The topological polar surface area (TPSA) is 47.0 Å². The molecule has 124 valence electrons. The second-order valence-corrected chi connectivity index (χ2v) is 6.22. The summed E-state index contributed by atoms with van der Waals surface area (Å²) in [5.41, 5.74) is 4.55. The van der Waals surface area contributed by atoms with Crippen LogP contribution in [0.3, 0.4) is 0 Å². The molecule has 4 heteroatoms. The van der Waals surface area contributed by atoms with Gasteiger partial charge < -0.3 is 10.1 Å². The van der Waals surface area contributed by atoms with Crippen LogP contribution in [0.1, 0.15) is 30.5 Å². The zero-order valence-electron chi connectivity index (χ0n) is 14.4. The third-order valence-corrected chi connectivity index (χ3v) is 3.94. The molecule has 0 saturated carbocycles. The molecule has 1 heterocycles. The second kappa shape index (κ2) is 7.41. The fourth-order valence-electron chi connectivity index (χ4n) is 2.62. The van der Waals surface area contributed by atoms with Gasteiger partial charge >= 0.3 is 0 Å². The average Bonchev–Trinajstić information content (AvgIpc) is 2.59. The van der Waals surface area contributed by atoms with E-state index in [1.54, 1.807) is 6.33 Å². The van der Waals surface area contributed by atoms with Crippen LogP contribution in [0.25, 0.3) is 10.9 Å². The highest BCUT2D eigenvalue weighted by molar-refractivity contribution is 5.91. The fraction of sp³-hybridized carbons (Fsp3) is 0.300. The van der Waals surface area contributed by atoms with Gasteiger partial charge in [0.1, 0.15) is 12.1 Å². The molecule has 0 aliphatic rings. The lowest BCUT2D eigenvalue weighted by Crippen LogP contribution is -2.04. The Labute approximate surface area is 142 Å². The summed E-state index contributed by atoms with van der Waals surface area (Å²) < 4.78 is 5.63. The van der Waals surface area contributed by atoms with Gasteiger partial charge in [0.25, 0.3) is 0 Å². The van der Waals surface area contributed by atoms with Gasteiger partial charge in [0.15, 0.2) is 0 Å². The van der Waals surface area contributed by atoms with Crippen LogP contribution in [0.5, 0.6) is 0 Å². The van der Waals surface area contributed by atoms with Crippen molar-refractivity contribution in [1.29, 1.82) is 0 Å².